The number of nitrogens with one attached hydrogen (secondary N) is 2. The highest BCUT2D eigenvalue weighted by Gasteiger charge is 2.07. The van der Waals surface area contributed by atoms with E-state index in [-0.39, 0.29) is 16.4 Å². The SMILES string of the molecule is Cc1ccc(S(=O)(=O)O)cc1.N=C(N)CCNc1ccc([N+](=O)[O-])cn1. The van der Waals surface area contributed by atoms with E-state index in [1.807, 2.05) is 6.92 Å². The zero-order valence-corrected chi connectivity index (χ0v) is 14.7. The fourth-order valence-electron chi connectivity index (χ4n) is 1.63. The monoisotopic (exact) mass is 381 g/mol. The smallest absolute Gasteiger partial charge is 0.294 e. The molecule has 1 heterocycles. The third-order valence-corrected chi connectivity index (χ3v) is 3.85. The third kappa shape index (κ3) is 7.68. The Bertz CT molecular complexity index is 851. The predicted octanol–water partition coefficient (Wildman–Crippen LogP) is 1.97. The summed E-state index contributed by atoms with van der Waals surface area (Å²) in [4.78, 5) is 13.6. The second kappa shape index (κ2) is 9.44. The van der Waals surface area contributed by atoms with Gasteiger partial charge in [-0.2, -0.15) is 8.42 Å². The van der Waals surface area contributed by atoms with Gasteiger partial charge in [0.1, 0.15) is 12.0 Å². The number of amidine groups is 1. The van der Waals surface area contributed by atoms with E-state index in [0.29, 0.717) is 18.8 Å². The van der Waals surface area contributed by atoms with Crippen LogP contribution in [0.15, 0.2) is 47.5 Å². The highest BCUT2D eigenvalue weighted by Crippen LogP contribution is 2.11. The first-order valence-electron chi connectivity index (χ1n) is 7.31. The predicted molar refractivity (Wildman–Crippen MR) is 96.9 cm³/mol. The van der Waals surface area contributed by atoms with E-state index in [9.17, 15) is 18.5 Å². The molecule has 0 fully saturated rings. The topological polar surface area (TPSA) is 172 Å². The Morgan fingerprint density at radius 1 is 1.31 bits per heavy atom. The number of benzene rings is 1. The summed E-state index contributed by atoms with van der Waals surface area (Å²) < 4.78 is 29.6. The van der Waals surface area contributed by atoms with Crippen molar-refractivity contribution in [2.75, 3.05) is 11.9 Å². The number of nitrogens with zero attached hydrogens (tertiary/aromatic N) is 2. The lowest BCUT2D eigenvalue weighted by molar-refractivity contribution is -0.385. The zero-order chi connectivity index (χ0) is 19.7. The van der Waals surface area contributed by atoms with Crippen molar-refractivity contribution in [1.29, 1.82) is 5.41 Å². The number of hydrogen-bond acceptors (Lipinski definition) is 7. The van der Waals surface area contributed by atoms with Gasteiger partial charge in [0.15, 0.2) is 0 Å². The fraction of sp³-hybridized carbons (Fsp3) is 0.200. The molecule has 2 aromatic rings. The molecular weight excluding hydrogens is 362 g/mol. The maximum Gasteiger partial charge on any atom is 0.294 e. The van der Waals surface area contributed by atoms with E-state index in [2.05, 4.69) is 10.3 Å². The first-order chi connectivity index (χ1) is 12.1. The molecule has 26 heavy (non-hydrogen) atoms. The Balaban J connectivity index is 0.000000273. The summed E-state index contributed by atoms with van der Waals surface area (Å²) >= 11 is 0. The molecular formula is C15H19N5O5S. The lowest BCUT2D eigenvalue weighted by Gasteiger charge is -2.03. The van der Waals surface area contributed by atoms with E-state index in [0.717, 1.165) is 5.56 Å². The normalized spacial score (nSPS) is 10.4. The molecule has 2 rings (SSSR count). The van der Waals surface area contributed by atoms with Gasteiger partial charge in [0.2, 0.25) is 0 Å². The summed E-state index contributed by atoms with van der Waals surface area (Å²) in [5.74, 6) is 0.617. The molecule has 0 aliphatic carbocycles. The Hall–Kier alpha value is -3.05. The van der Waals surface area contributed by atoms with Crippen LogP contribution in [0.5, 0.6) is 0 Å². The molecule has 11 heteroatoms. The van der Waals surface area contributed by atoms with Gasteiger partial charge in [-0.15, -0.1) is 0 Å². The molecule has 1 aromatic heterocycles. The molecule has 0 aliphatic rings. The van der Waals surface area contributed by atoms with Gasteiger partial charge in [0, 0.05) is 19.0 Å². The van der Waals surface area contributed by atoms with Crippen molar-refractivity contribution in [3.05, 3.63) is 58.3 Å². The lowest BCUT2D eigenvalue weighted by Crippen LogP contribution is -2.15. The number of hydrogen-bond donors (Lipinski definition) is 4. The van der Waals surface area contributed by atoms with Crippen LogP contribution in [0, 0.1) is 22.4 Å². The van der Waals surface area contributed by atoms with Crippen molar-refractivity contribution in [1.82, 2.24) is 4.98 Å². The van der Waals surface area contributed by atoms with Gasteiger partial charge in [0.05, 0.1) is 15.7 Å². The van der Waals surface area contributed by atoms with Crippen molar-refractivity contribution in [2.24, 2.45) is 5.73 Å². The van der Waals surface area contributed by atoms with Crippen molar-refractivity contribution in [3.63, 3.8) is 0 Å². The molecule has 0 radical (unpaired) electrons. The lowest BCUT2D eigenvalue weighted by atomic mass is 10.2. The molecule has 0 bridgehead atoms. The fourth-order valence-corrected chi connectivity index (χ4v) is 2.11. The first-order valence-corrected chi connectivity index (χ1v) is 8.75. The summed E-state index contributed by atoms with van der Waals surface area (Å²) in [5, 5.41) is 20.2. The van der Waals surface area contributed by atoms with Crippen molar-refractivity contribution in [3.8, 4) is 0 Å². The molecule has 1 aromatic carbocycles. The summed E-state index contributed by atoms with van der Waals surface area (Å²) in [5.41, 5.74) is 6.06. The van der Waals surface area contributed by atoms with Gasteiger partial charge in [-0.3, -0.25) is 20.1 Å². The number of aromatic nitrogens is 1. The third-order valence-electron chi connectivity index (χ3n) is 2.98. The van der Waals surface area contributed by atoms with Crippen molar-refractivity contribution in [2.45, 2.75) is 18.2 Å². The van der Waals surface area contributed by atoms with Gasteiger partial charge in [0.25, 0.3) is 15.8 Å². The number of aryl methyl sites for hydroxylation is 1. The molecule has 0 aliphatic heterocycles. The molecule has 0 unspecified atom stereocenters. The minimum absolute atomic E-state index is 0.0490. The van der Waals surface area contributed by atoms with E-state index in [1.54, 1.807) is 12.1 Å². The number of pyridine rings is 1. The molecule has 0 saturated carbocycles. The highest BCUT2D eigenvalue weighted by molar-refractivity contribution is 7.85. The van der Waals surface area contributed by atoms with Crippen LogP contribution in [0.2, 0.25) is 0 Å². The second-order valence-electron chi connectivity index (χ2n) is 5.15. The molecule has 0 amide bonds. The van der Waals surface area contributed by atoms with Gasteiger partial charge in [-0.1, -0.05) is 17.7 Å². The maximum atomic E-state index is 10.5. The molecule has 5 N–H and O–H groups in total. The number of rotatable bonds is 6. The van der Waals surface area contributed by atoms with Crippen LogP contribution in [0.3, 0.4) is 0 Å². The summed E-state index contributed by atoms with van der Waals surface area (Å²) in [6.45, 7) is 2.33. The molecule has 0 atom stereocenters. The first kappa shape index (κ1) is 21.0. The van der Waals surface area contributed by atoms with Crippen molar-refractivity contribution < 1.29 is 17.9 Å². The zero-order valence-electron chi connectivity index (χ0n) is 13.9. The molecule has 0 spiro atoms. The van der Waals surface area contributed by atoms with Crippen LogP contribution in [0.25, 0.3) is 0 Å². The minimum atomic E-state index is -4.02. The Kier molecular flexibility index (Phi) is 7.62. The van der Waals surface area contributed by atoms with E-state index >= 15 is 0 Å². The quantitative estimate of drug-likeness (QED) is 0.193. The van der Waals surface area contributed by atoms with E-state index in [4.69, 9.17) is 15.7 Å². The average molecular weight is 381 g/mol. The Morgan fingerprint density at radius 3 is 2.35 bits per heavy atom. The van der Waals surface area contributed by atoms with E-state index in [1.165, 1.54) is 30.5 Å². The maximum absolute atomic E-state index is 10.5. The van der Waals surface area contributed by atoms with Crippen LogP contribution in [0.4, 0.5) is 11.5 Å². The second-order valence-corrected chi connectivity index (χ2v) is 6.57. The largest absolute Gasteiger partial charge is 0.388 e. The standard InChI is InChI=1S/C8H11N5O2.C7H8O3S/c9-7(10)3-4-11-8-2-1-6(5-12-8)13(14)15;1-6-2-4-7(5-3-6)11(8,9)10/h1-2,5H,3-4H2,(H3,9,10)(H,11,12);2-5H,1H3,(H,8,9,10). The Labute approximate surface area is 150 Å². The van der Waals surface area contributed by atoms with Crippen LogP contribution >= 0.6 is 0 Å². The number of nitrogens with two attached hydrogens (primary N) is 1. The van der Waals surface area contributed by atoms with Gasteiger partial charge in [-0.05, 0) is 25.1 Å². The van der Waals surface area contributed by atoms with Gasteiger partial charge < -0.3 is 11.1 Å². The summed E-state index contributed by atoms with van der Waals surface area (Å²) in [6.07, 6.45) is 1.59. The number of anilines is 1. The molecule has 140 valence electrons. The Morgan fingerprint density at radius 2 is 1.92 bits per heavy atom. The van der Waals surface area contributed by atoms with Crippen molar-refractivity contribution >= 4 is 27.5 Å². The van der Waals surface area contributed by atoms with Crippen LogP contribution < -0.4 is 11.1 Å². The van der Waals surface area contributed by atoms with Gasteiger partial charge >= 0.3 is 0 Å². The van der Waals surface area contributed by atoms with Gasteiger partial charge in [-0.25, -0.2) is 4.98 Å². The molecule has 0 saturated heterocycles. The highest BCUT2D eigenvalue weighted by atomic mass is 32.2. The molecule has 10 nitrogen and oxygen atoms in total. The van der Waals surface area contributed by atoms with Crippen LogP contribution in [-0.4, -0.2) is 35.3 Å². The van der Waals surface area contributed by atoms with Crippen LogP contribution in [-0.2, 0) is 10.1 Å². The average Bonchev–Trinajstić information content (AvgIpc) is 2.55. The summed E-state index contributed by atoms with van der Waals surface area (Å²) in [6, 6.07) is 8.86. The number of nitro groups is 1. The van der Waals surface area contributed by atoms with Crippen LogP contribution in [0.1, 0.15) is 12.0 Å². The van der Waals surface area contributed by atoms with E-state index < -0.39 is 15.0 Å². The summed E-state index contributed by atoms with van der Waals surface area (Å²) in [7, 11) is -4.02. The minimum Gasteiger partial charge on any atom is -0.388 e.